The Bertz CT molecular complexity index is 1060. The minimum Gasteiger partial charge on any atom is -0.463 e. The molecule has 1 heterocycles. The normalized spacial score (nSPS) is 12.7. The van der Waals surface area contributed by atoms with E-state index in [9.17, 15) is 19.1 Å². The van der Waals surface area contributed by atoms with E-state index in [-0.39, 0.29) is 31.1 Å². The van der Waals surface area contributed by atoms with Gasteiger partial charge in [0.25, 0.3) is 5.91 Å². The van der Waals surface area contributed by atoms with Crippen molar-refractivity contribution in [1.29, 1.82) is 0 Å². The Hall–Kier alpha value is -3.63. The van der Waals surface area contributed by atoms with E-state index < -0.39 is 30.4 Å². The van der Waals surface area contributed by atoms with Gasteiger partial charge >= 0.3 is 5.97 Å². The number of rotatable bonds is 12. The van der Waals surface area contributed by atoms with Crippen LogP contribution in [0.1, 0.15) is 22.5 Å². The van der Waals surface area contributed by atoms with E-state index >= 15 is 0 Å². The van der Waals surface area contributed by atoms with E-state index in [1.165, 1.54) is 25.4 Å². The lowest BCUT2D eigenvalue weighted by Crippen LogP contribution is -2.40. The smallest absolute Gasteiger partial charge is 0.311 e. The van der Waals surface area contributed by atoms with Gasteiger partial charge in [0.05, 0.1) is 25.3 Å². The highest BCUT2D eigenvalue weighted by Gasteiger charge is 2.26. The van der Waals surface area contributed by atoms with Crippen LogP contribution in [0.25, 0.3) is 11.1 Å². The van der Waals surface area contributed by atoms with E-state index in [0.29, 0.717) is 6.42 Å². The van der Waals surface area contributed by atoms with E-state index in [1.807, 2.05) is 30.3 Å². The van der Waals surface area contributed by atoms with Crippen LogP contribution in [0.2, 0.25) is 0 Å². The van der Waals surface area contributed by atoms with Crippen LogP contribution in [0.3, 0.4) is 0 Å². The Morgan fingerprint density at radius 1 is 1.15 bits per heavy atom. The molecule has 9 nitrogen and oxygen atoms in total. The van der Waals surface area contributed by atoms with Gasteiger partial charge in [-0.1, -0.05) is 36.4 Å². The molecule has 0 saturated heterocycles. The highest BCUT2D eigenvalue weighted by molar-refractivity contribution is 5.92. The zero-order valence-corrected chi connectivity index (χ0v) is 18.7. The summed E-state index contributed by atoms with van der Waals surface area (Å²) in [4.78, 5) is 24.9. The van der Waals surface area contributed by atoms with Crippen LogP contribution in [0, 0.1) is 11.7 Å². The maximum Gasteiger partial charge on any atom is 0.311 e. The predicted octanol–water partition coefficient (Wildman–Crippen LogP) is 2.14. The molecule has 3 rings (SSSR count). The zero-order valence-electron chi connectivity index (χ0n) is 18.7. The highest BCUT2D eigenvalue weighted by atomic mass is 19.1. The van der Waals surface area contributed by atoms with Gasteiger partial charge in [0, 0.05) is 13.2 Å². The highest BCUT2D eigenvalue weighted by Crippen LogP contribution is 2.22. The second-order valence-corrected chi connectivity index (χ2v) is 7.71. The first-order valence-corrected chi connectivity index (χ1v) is 10.8. The average Bonchev–Trinajstić information content (AvgIpc) is 3.38. The summed E-state index contributed by atoms with van der Waals surface area (Å²) in [5.41, 5.74) is 2.59. The monoisotopic (exact) mass is 470 g/mol. The fraction of sp³-hybridized carbons (Fsp3) is 0.333. The number of H-pyrrole nitrogens is 1. The summed E-state index contributed by atoms with van der Waals surface area (Å²) in [5.74, 6) is -2.17. The number of hydrogen-bond donors (Lipinski definition) is 3. The number of methoxy groups -OCH3 is 1. The molecule has 0 spiro atoms. The molecule has 0 saturated carbocycles. The van der Waals surface area contributed by atoms with Crippen molar-refractivity contribution >= 4 is 11.9 Å². The second kappa shape index (κ2) is 12.6. The molecule has 180 valence electrons. The molecule has 10 heteroatoms. The zero-order chi connectivity index (χ0) is 24.3. The Morgan fingerprint density at radius 2 is 1.94 bits per heavy atom. The van der Waals surface area contributed by atoms with Crippen molar-refractivity contribution in [2.45, 2.75) is 18.9 Å². The largest absolute Gasteiger partial charge is 0.463 e. The van der Waals surface area contributed by atoms with Gasteiger partial charge in [-0.2, -0.15) is 15.4 Å². The number of ether oxygens (including phenoxy) is 2. The summed E-state index contributed by atoms with van der Waals surface area (Å²) in [5, 5.41) is 22.4. The molecule has 0 aliphatic rings. The number of esters is 1. The fourth-order valence-electron chi connectivity index (χ4n) is 3.48. The molecule has 0 aliphatic heterocycles. The number of nitrogens with one attached hydrogen (secondary N) is 2. The number of carbonyl (C=O) groups is 2. The van der Waals surface area contributed by atoms with Crippen LogP contribution in [0.4, 0.5) is 4.39 Å². The molecule has 2 atom stereocenters. The summed E-state index contributed by atoms with van der Waals surface area (Å²) in [7, 11) is 1.49. The molecule has 1 aromatic heterocycles. The third kappa shape index (κ3) is 7.19. The molecule has 0 radical (unpaired) electrons. The van der Waals surface area contributed by atoms with Crippen molar-refractivity contribution in [3.63, 3.8) is 0 Å². The number of aromatic nitrogens is 3. The molecule has 0 fully saturated rings. The first-order chi connectivity index (χ1) is 16.5. The SMILES string of the molecule is COCCOC(=O)[C@H](CO)C[C@@H](Cc1ccc(-c2cccc(F)c2)cc1)NC(=O)c1cn[nH]n1. The number of carbonyl (C=O) groups excluding carboxylic acids is 2. The second-order valence-electron chi connectivity index (χ2n) is 7.71. The van der Waals surface area contributed by atoms with Crippen LogP contribution >= 0.6 is 0 Å². The number of aliphatic hydroxyl groups is 1. The third-order valence-corrected chi connectivity index (χ3v) is 5.23. The average molecular weight is 471 g/mol. The fourth-order valence-corrected chi connectivity index (χ4v) is 3.48. The summed E-state index contributed by atoms with van der Waals surface area (Å²) in [6.07, 6.45) is 1.83. The van der Waals surface area contributed by atoms with Crippen molar-refractivity contribution in [2.75, 3.05) is 26.9 Å². The number of amides is 1. The first kappa shape index (κ1) is 25.0. The molecule has 34 heavy (non-hydrogen) atoms. The maximum absolute atomic E-state index is 13.5. The third-order valence-electron chi connectivity index (χ3n) is 5.23. The van der Waals surface area contributed by atoms with Gasteiger partial charge in [-0.15, -0.1) is 0 Å². The number of hydrogen-bond acceptors (Lipinski definition) is 7. The number of halogens is 1. The number of benzene rings is 2. The summed E-state index contributed by atoms with van der Waals surface area (Å²) in [6, 6.07) is 13.3. The van der Waals surface area contributed by atoms with E-state index in [1.54, 1.807) is 6.07 Å². The molecular weight excluding hydrogens is 443 g/mol. The Labute approximate surface area is 196 Å². The van der Waals surface area contributed by atoms with Crippen LogP contribution < -0.4 is 5.32 Å². The van der Waals surface area contributed by atoms with Crippen molar-refractivity contribution in [1.82, 2.24) is 20.7 Å². The minimum absolute atomic E-state index is 0.0728. The first-order valence-electron chi connectivity index (χ1n) is 10.8. The van der Waals surface area contributed by atoms with E-state index in [2.05, 4.69) is 20.7 Å². The molecule has 0 unspecified atom stereocenters. The Morgan fingerprint density at radius 3 is 2.59 bits per heavy atom. The lowest BCUT2D eigenvalue weighted by Gasteiger charge is -2.22. The molecule has 3 N–H and O–H groups in total. The quantitative estimate of drug-likeness (QED) is 0.273. The van der Waals surface area contributed by atoms with Crippen LogP contribution in [0.5, 0.6) is 0 Å². The van der Waals surface area contributed by atoms with Gasteiger partial charge in [-0.3, -0.25) is 9.59 Å². The van der Waals surface area contributed by atoms with Gasteiger partial charge in [0.15, 0.2) is 5.69 Å². The lowest BCUT2D eigenvalue weighted by molar-refractivity contribution is -0.151. The van der Waals surface area contributed by atoms with Crippen LogP contribution in [-0.4, -0.2) is 65.4 Å². The van der Waals surface area contributed by atoms with Crippen molar-refractivity contribution in [2.24, 2.45) is 5.92 Å². The molecule has 0 bridgehead atoms. The van der Waals surface area contributed by atoms with Gasteiger partial charge in [-0.25, -0.2) is 4.39 Å². The Balaban J connectivity index is 1.73. The van der Waals surface area contributed by atoms with E-state index in [4.69, 9.17) is 9.47 Å². The molecule has 2 aromatic carbocycles. The van der Waals surface area contributed by atoms with Crippen LogP contribution in [0.15, 0.2) is 54.7 Å². The van der Waals surface area contributed by atoms with Gasteiger partial charge in [-0.05, 0) is 41.7 Å². The van der Waals surface area contributed by atoms with Crippen molar-refractivity contribution in [3.05, 3.63) is 71.8 Å². The predicted molar refractivity (Wildman–Crippen MR) is 121 cm³/mol. The van der Waals surface area contributed by atoms with Crippen molar-refractivity contribution in [3.8, 4) is 11.1 Å². The Kier molecular flexibility index (Phi) is 9.24. The molecule has 0 aliphatic carbocycles. The van der Waals surface area contributed by atoms with Crippen LogP contribution in [-0.2, 0) is 20.7 Å². The van der Waals surface area contributed by atoms with Gasteiger partial charge in [0.2, 0.25) is 0 Å². The number of nitrogens with zero attached hydrogens (tertiary/aromatic N) is 2. The summed E-state index contributed by atoms with van der Waals surface area (Å²) in [6.45, 7) is -0.113. The summed E-state index contributed by atoms with van der Waals surface area (Å²) < 4.78 is 23.6. The topological polar surface area (TPSA) is 126 Å². The molecular formula is C24H27FN4O5. The van der Waals surface area contributed by atoms with Gasteiger partial charge in [0.1, 0.15) is 12.4 Å². The number of aliphatic hydroxyl groups excluding tert-OH is 1. The molecule has 3 aromatic rings. The van der Waals surface area contributed by atoms with Gasteiger partial charge < -0.3 is 19.9 Å². The van der Waals surface area contributed by atoms with E-state index in [0.717, 1.165) is 16.7 Å². The van der Waals surface area contributed by atoms with Crippen molar-refractivity contribution < 1.29 is 28.6 Å². The lowest BCUT2D eigenvalue weighted by atomic mass is 9.94. The molecule has 1 amide bonds. The minimum atomic E-state index is -0.828. The summed E-state index contributed by atoms with van der Waals surface area (Å²) >= 11 is 0. The standard InChI is InChI=1S/C24H27FN4O5/c1-33-9-10-34-24(32)19(15-30)13-21(27-23(31)22-14-26-29-28-22)11-16-5-7-17(8-6-16)18-3-2-4-20(25)12-18/h2-8,12,14,19,21,30H,9-11,13,15H2,1H3,(H,27,31)(H,26,28,29)/t19-,21+/m0/s1. The maximum atomic E-state index is 13.5. The number of aromatic amines is 1.